The van der Waals surface area contributed by atoms with Gasteiger partial charge in [-0.25, -0.2) is 0 Å². The number of nitrogens with zero attached hydrogens (tertiary/aromatic N) is 1. The van der Waals surface area contributed by atoms with Gasteiger partial charge in [-0.05, 0) is 37.3 Å². The Morgan fingerprint density at radius 3 is 2.56 bits per heavy atom. The number of piperidine rings is 1. The lowest BCUT2D eigenvalue weighted by Gasteiger charge is -2.33. The van der Waals surface area contributed by atoms with Crippen molar-refractivity contribution in [3.8, 4) is 0 Å². The van der Waals surface area contributed by atoms with Gasteiger partial charge in [-0.3, -0.25) is 4.79 Å². The molecule has 1 amide bonds. The number of anilines is 1. The van der Waals surface area contributed by atoms with Crippen molar-refractivity contribution in [3.63, 3.8) is 0 Å². The Bertz CT molecular complexity index is 369. The second kappa shape index (κ2) is 6.43. The van der Waals surface area contributed by atoms with Crippen LogP contribution in [-0.2, 0) is 4.79 Å². The fourth-order valence-corrected chi connectivity index (χ4v) is 2.58. The second-order valence-electron chi connectivity index (χ2n) is 4.98. The third-order valence-electron chi connectivity index (χ3n) is 3.79. The quantitative estimate of drug-likeness (QED) is 0.885. The lowest BCUT2D eigenvalue weighted by atomic mass is 9.92. The van der Waals surface area contributed by atoms with E-state index >= 15 is 0 Å². The maximum atomic E-state index is 11.2. The summed E-state index contributed by atoms with van der Waals surface area (Å²) in [5, 5.41) is 2.69. The Kier molecular flexibility index (Phi) is 4.62. The van der Waals surface area contributed by atoms with Crippen molar-refractivity contribution in [2.75, 3.05) is 25.0 Å². The third-order valence-corrected chi connectivity index (χ3v) is 3.79. The molecule has 1 aliphatic heterocycles. The minimum absolute atomic E-state index is 0.167. The Morgan fingerprint density at radius 1 is 1.28 bits per heavy atom. The molecule has 0 aliphatic carbocycles. The summed E-state index contributed by atoms with van der Waals surface area (Å²) in [5.41, 5.74) is 1.32. The summed E-state index contributed by atoms with van der Waals surface area (Å²) < 4.78 is 0. The first-order chi connectivity index (χ1) is 8.79. The molecule has 0 unspecified atom stereocenters. The molecule has 1 aromatic carbocycles. The highest BCUT2D eigenvalue weighted by Gasteiger charge is 2.19. The molecule has 0 spiro atoms. The predicted molar refractivity (Wildman–Crippen MR) is 74.7 cm³/mol. The van der Waals surface area contributed by atoms with E-state index < -0.39 is 0 Å². The summed E-state index contributed by atoms with van der Waals surface area (Å²) in [6.07, 6.45) is 4.10. The molecule has 1 aliphatic rings. The highest BCUT2D eigenvalue weighted by atomic mass is 16.1. The normalized spacial score (nSPS) is 16.6. The van der Waals surface area contributed by atoms with Gasteiger partial charge in [0.1, 0.15) is 0 Å². The van der Waals surface area contributed by atoms with Crippen LogP contribution >= 0.6 is 0 Å². The number of para-hydroxylation sites is 1. The van der Waals surface area contributed by atoms with Gasteiger partial charge in [0.25, 0.3) is 0 Å². The van der Waals surface area contributed by atoms with Gasteiger partial charge < -0.3 is 10.2 Å². The van der Waals surface area contributed by atoms with E-state index in [0.717, 1.165) is 19.5 Å². The van der Waals surface area contributed by atoms with Crippen LogP contribution in [0.2, 0.25) is 0 Å². The molecule has 1 fully saturated rings. The Hall–Kier alpha value is -1.51. The first-order valence-electron chi connectivity index (χ1n) is 6.80. The van der Waals surface area contributed by atoms with Crippen LogP contribution in [0.5, 0.6) is 0 Å². The summed E-state index contributed by atoms with van der Waals surface area (Å²) in [6.45, 7) is 2.23. The van der Waals surface area contributed by atoms with Crippen molar-refractivity contribution in [2.24, 2.45) is 5.92 Å². The minimum atomic E-state index is 0.167. The van der Waals surface area contributed by atoms with E-state index in [1.165, 1.54) is 18.5 Å². The Balaban J connectivity index is 1.76. The molecule has 0 aromatic heterocycles. The van der Waals surface area contributed by atoms with Crippen LogP contribution in [0.25, 0.3) is 0 Å². The first kappa shape index (κ1) is 12.9. The van der Waals surface area contributed by atoms with Crippen molar-refractivity contribution in [2.45, 2.75) is 25.7 Å². The minimum Gasteiger partial charge on any atom is -0.372 e. The SMILES string of the molecule is CNC(=O)CCC1CCN(c2ccccc2)CC1. The van der Waals surface area contributed by atoms with Gasteiger partial charge in [-0.15, -0.1) is 0 Å². The molecule has 0 saturated carbocycles. The van der Waals surface area contributed by atoms with Crippen molar-refractivity contribution in [1.29, 1.82) is 0 Å². The number of hydrogen-bond acceptors (Lipinski definition) is 2. The fraction of sp³-hybridized carbons (Fsp3) is 0.533. The van der Waals surface area contributed by atoms with Gasteiger partial charge in [0, 0.05) is 32.2 Å². The van der Waals surface area contributed by atoms with Crippen LogP contribution in [-0.4, -0.2) is 26.0 Å². The average Bonchev–Trinajstić information content (AvgIpc) is 2.46. The molecule has 2 rings (SSSR count). The van der Waals surface area contributed by atoms with Gasteiger partial charge in [-0.1, -0.05) is 18.2 Å². The molecular formula is C15H22N2O. The van der Waals surface area contributed by atoms with Crippen LogP contribution in [0.15, 0.2) is 30.3 Å². The molecule has 1 heterocycles. The molecule has 1 saturated heterocycles. The van der Waals surface area contributed by atoms with Crippen molar-refractivity contribution in [3.05, 3.63) is 30.3 Å². The molecule has 18 heavy (non-hydrogen) atoms. The van der Waals surface area contributed by atoms with E-state index in [2.05, 4.69) is 40.5 Å². The number of rotatable bonds is 4. The smallest absolute Gasteiger partial charge is 0.219 e. The van der Waals surface area contributed by atoms with Gasteiger partial charge in [0.2, 0.25) is 5.91 Å². The maximum Gasteiger partial charge on any atom is 0.219 e. The van der Waals surface area contributed by atoms with Gasteiger partial charge >= 0.3 is 0 Å². The van der Waals surface area contributed by atoms with Crippen molar-refractivity contribution in [1.82, 2.24) is 5.32 Å². The van der Waals surface area contributed by atoms with E-state index in [-0.39, 0.29) is 5.91 Å². The summed E-state index contributed by atoms with van der Waals surface area (Å²) >= 11 is 0. The van der Waals surface area contributed by atoms with E-state index in [9.17, 15) is 4.79 Å². The molecular weight excluding hydrogens is 224 g/mol. The first-order valence-corrected chi connectivity index (χ1v) is 6.80. The number of benzene rings is 1. The number of carbonyl (C=O) groups is 1. The molecule has 0 atom stereocenters. The zero-order chi connectivity index (χ0) is 12.8. The zero-order valence-corrected chi connectivity index (χ0v) is 11.1. The van der Waals surface area contributed by atoms with Crippen molar-refractivity contribution < 1.29 is 4.79 Å². The molecule has 1 aromatic rings. The number of amides is 1. The number of nitrogens with one attached hydrogen (secondary N) is 1. The van der Waals surface area contributed by atoms with Crippen LogP contribution < -0.4 is 10.2 Å². The lowest BCUT2D eigenvalue weighted by molar-refractivity contribution is -0.120. The van der Waals surface area contributed by atoms with E-state index in [1.807, 2.05) is 0 Å². The largest absolute Gasteiger partial charge is 0.372 e. The summed E-state index contributed by atoms with van der Waals surface area (Å²) in [7, 11) is 1.71. The number of hydrogen-bond donors (Lipinski definition) is 1. The molecule has 3 nitrogen and oxygen atoms in total. The third kappa shape index (κ3) is 3.49. The molecule has 3 heteroatoms. The molecule has 0 radical (unpaired) electrons. The molecule has 0 bridgehead atoms. The Labute approximate surface area is 109 Å². The lowest BCUT2D eigenvalue weighted by Crippen LogP contribution is -2.34. The van der Waals surface area contributed by atoms with Crippen LogP contribution in [0.3, 0.4) is 0 Å². The van der Waals surface area contributed by atoms with Crippen LogP contribution in [0, 0.1) is 5.92 Å². The van der Waals surface area contributed by atoms with Gasteiger partial charge in [0.15, 0.2) is 0 Å². The van der Waals surface area contributed by atoms with Crippen molar-refractivity contribution >= 4 is 11.6 Å². The summed E-state index contributed by atoms with van der Waals surface area (Å²) in [4.78, 5) is 13.7. The fourth-order valence-electron chi connectivity index (χ4n) is 2.58. The Morgan fingerprint density at radius 2 is 1.94 bits per heavy atom. The summed E-state index contributed by atoms with van der Waals surface area (Å²) in [5.74, 6) is 0.878. The monoisotopic (exact) mass is 246 g/mol. The zero-order valence-electron chi connectivity index (χ0n) is 11.1. The molecule has 1 N–H and O–H groups in total. The van der Waals surface area contributed by atoms with E-state index in [4.69, 9.17) is 0 Å². The highest BCUT2D eigenvalue weighted by Crippen LogP contribution is 2.25. The predicted octanol–water partition coefficient (Wildman–Crippen LogP) is 2.43. The summed E-state index contributed by atoms with van der Waals surface area (Å²) in [6, 6.07) is 10.6. The maximum absolute atomic E-state index is 11.2. The number of carbonyl (C=O) groups excluding carboxylic acids is 1. The van der Waals surface area contributed by atoms with E-state index in [0.29, 0.717) is 12.3 Å². The highest BCUT2D eigenvalue weighted by molar-refractivity contribution is 5.75. The average molecular weight is 246 g/mol. The van der Waals surface area contributed by atoms with E-state index in [1.54, 1.807) is 7.05 Å². The molecule has 98 valence electrons. The van der Waals surface area contributed by atoms with Gasteiger partial charge in [0.05, 0.1) is 0 Å². The van der Waals surface area contributed by atoms with Crippen LogP contribution in [0.1, 0.15) is 25.7 Å². The topological polar surface area (TPSA) is 32.3 Å². The second-order valence-corrected chi connectivity index (χ2v) is 4.98. The standard InChI is InChI=1S/C15H22N2O/c1-16-15(18)8-7-13-9-11-17(12-10-13)14-5-3-2-4-6-14/h2-6,13H,7-12H2,1H3,(H,16,18). The van der Waals surface area contributed by atoms with Gasteiger partial charge in [-0.2, -0.15) is 0 Å². The van der Waals surface area contributed by atoms with Crippen LogP contribution in [0.4, 0.5) is 5.69 Å².